The van der Waals surface area contributed by atoms with Crippen molar-refractivity contribution in [2.75, 3.05) is 5.32 Å². The van der Waals surface area contributed by atoms with Crippen LogP contribution >= 0.6 is 0 Å². The van der Waals surface area contributed by atoms with Crippen LogP contribution in [0.5, 0.6) is 0 Å². The maximum Gasteiger partial charge on any atom is 0.0949 e. The Bertz CT molecular complexity index is 682. The Morgan fingerprint density at radius 1 is 1.14 bits per heavy atom. The maximum atomic E-state index is 4.07. The number of anilines is 1. The van der Waals surface area contributed by atoms with Gasteiger partial charge in [-0.3, -0.25) is 0 Å². The summed E-state index contributed by atoms with van der Waals surface area (Å²) >= 11 is 0. The molecular formula is C17H20N4. The molecule has 21 heavy (non-hydrogen) atoms. The predicted octanol–water partition coefficient (Wildman–Crippen LogP) is 3.36. The molecule has 3 rings (SSSR count). The summed E-state index contributed by atoms with van der Waals surface area (Å²) < 4.78 is 4.32. The molecular weight excluding hydrogens is 260 g/mol. The lowest BCUT2D eigenvalue weighted by Crippen LogP contribution is -2.06. The fourth-order valence-electron chi connectivity index (χ4n) is 2.48. The van der Waals surface area contributed by atoms with E-state index in [-0.39, 0.29) is 0 Å². The Hall–Kier alpha value is -2.49. The highest BCUT2D eigenvalue weighted by molar-refractivity contribution is 5.46. The minimum atomic E-state index is 0.843. The lowest BCUT2D eigenvalue weighted by atomic mass is 10.2. The Balaban J connectivity index is 1.66. The molecule has 108 valence electrons. The molecule has 3 aromatic rings. The molecule has 0 spiro atoms. The molecule has 0 amide bonds. The third-order valence-electron chi connectivity index (χ3n) is 3.59. The summed E-state index contributed by atoms with van der Waals surface area (Å²) in [6.45, 7) is 4.86. The largest absolute Gasteiger partial charge is 0.379 e. The second kappa shape index (κ2) is 6.31. The standard InChI is InChI=1S/C17H20N4/c1-2-21-9-4-7-17(21)12-19-16-6-3-5-15(11-16)13-20-10-8-18-14-20/h3-11,14,19H,2,12-13H2,1H3. The van der Waals surface area contributed by atoms with E-state index in [2.05, 4.69) is 69.0 Å². The van der Waals surface area contributed by atoms with Crippen LogP contribution in [0.15, 0.2) is 61.3 Å². The Kier molecular flexibility index (Phi) is 4.05. The number of aryl methyl sites for hydroxylation is 1. The highest BCUT2D eigenvalue weighted by Crippen LogP contribution is 2.13. The van der Waals surface area contributed by atoms with Crippen LogP contribution in [-0.4, -0.2) is 14.1 Å². The molecule has 1 aromatic carbocycles. The number of imidazole rings is 1. The quantitative estimate of drug-likeness (QED) is 0.751. The third kappa shape index (κ3) is 3.34. The van der Waals surface area contributed by atoms with Gasteiger partial charge in [0.05, 0.1) is 12.9 Å². The molecule has 4 heteroatoms. The molecule has 2 aromatic heterocycles. The number of nitrogens with one attached hydrogen (secondary N) is 1. The number of hydrogen-bond donors (Lipinski definition) is 1. The van der Waals surface area contributed by atoms with Crippen molar-refractivity contribution in [3.8, 4) is 0 Å². The van der Waals surface area contributed by atoms with Gasteiger partial charge in [-0.05, 0) is 36.8 Å². The van der Waals surface area contributed by atoms with Crippen molar-refractivity contribution in [2.24, 2.45) is 0 Å². The lowest BCUT2D eigenvalue weighted by molar-refractivity contribution is 0.724. The zero-order valence-corrected chi connectivity index (χ0v) is 12.2. The number of aromatic nitrogens is 3. The molecule has 0 bridgehead atoms. The summed E-state index contributed by atoms with van der Waals surface area (Å²) in [5.74, 6) is 0. The van der Waals surface area contributed by atoms with Crippen molar-refractivity contribution < 1.29 is 0 Å². The highest BCUT2D eigenvalue weighted by Gasteiger charge is 2.00. The van der Waals surface area contributed by atoms with Gasteiger partial charge < -0.3 is 14.5 Å². The fourth-order valence-corrected chi connectivity index (χ4v) is 2.48. The average Bonchev–Trinajstić information content (AvgIpc) is 3.16. The molecule has 0 aliphatic heterocycles. The first kappa shape index (κ1) is 13.5. The number of nitrogens with zero attached hydrogens (tertiary/aromatic N) is 3. The van der Waals surface area contributed by atoms with Crippen molar-refractivity contribution in [3.63, 3.8) is 0 Å². The fraction of sp³-hybridized carbons (Fsp3) is 0.235. The van der Waals surface area contributed by atoms with E-state index in [0.29, 0.717) is 0 Å². The van der Waals surface area contributed by atoms with Gasteiger partial charge in [0, 0.05) is 43.1 Å². The van der Waals surface area contributed by atoms with E-state index < -0.39 is 0 Å². The van der Waals surface area contributed by atoms with Crippen LogP contribution in [0.3, 0.4) is 0 Å². The number of hydrogen-bond acceptors (Lipinski definition) is 2. The predicted molar refractivity (Wildman–Crippen MR) is 85.2 cm³/mol. The molecule has 1 N–H and O–H groups in total. The van der Waals surface area contributed by atoms with Crippen molar-refractivity contribution in [2.45, 2.75) is 26.6 Å². The molecule has 0 unspecified atom stereocenters. The summed E-state index contributed by atoms with van der Waals surface area (Å²) in [4.78, 5) is 4.07. The summed E-state index contributed by atoms with van der Waals surface area (Å²) in [5.41, 5.74) is 3.72. The maximum absolute atomic E-state index is 4.07. The lowest BCUT2D eigenvalue weighted by Gasteiger charge is -2.11. The number of benzene rings is 1. The second-order valence-corrected chi connectivity index (χ2v) is 5.07. The molecule has 0 aliphatic rings. The Labute approximate surface area is 125 Å². The van der Waals surface area contributed by atoms with Gasteiger partial charge in [-0.25, -0.2) is 4.98 Å². The smallest absolute Gasteiger partial charge is 0.0949 e. The van der Waals surface area contributed by atoms with Gasteiger partial charge in [0.25, 0.3) is 0 Å². The van der Waals surface area contributed by atoms with Gasteiger partial charge in [-0.15, -0.1) is 0 Å². The van der Waals surface area contributed by atoms with Crippen LogP contribution in [-0.2, 0) is 19.6 Å². The number of rotatable bonds is 6. The van der Waals surface area contributed by atoms with Crippen molar-refractivity contribution in [1.82, 2.24) is 14.1 Å². The van der Waals surface area contributed by atoms with Gasteiger partial charge >= 0.3 is 0 Å². The highest BCUT2D eigenvalue weighted by atomic mass is 15.0. The summed E-state index contributed by atoms with van der Waals surface area (Å²) in [6.07, 6.45) is 7.75. The van der Waals surface area contributed by atoms with E-state index in [9.17, 15) is 0 Å². The molecule has 0 saturated heterocycles. The van der Waals surface area contributed by atoms with Crippen LogP contribution in [0.25, 0.3) is 0 Å². The minimum absolute atomic E-state index is 0.843. The summed E-state index contributed by atoms with van der Waals surface area (Å²) in [6, 6.07) is 12.8. The van der Waals surface area contributed by atoms with Crippen LogP contribution in [0, 0.1) is 0 Å². The normalized spacial score (nSPS) is 10.7. The van der Waals surface area contributed by atoms with Crippen molar-refractivity contribution in [3.05, 3.63) is 72.6 Å². The van der Waals surface area contributed by atoms with E-state index in [1.807, 2.05) is 12.5 Å². The van der Waals surface area contributed by atoms with Crippen molar-refractivity contribution >= 4 is 5.69 Å². The van der Waals surface area contributed by atoms with Crippen LogP contribution in [0.4, 0.5) is 5.69 Å². The molecule has 4 nitrogen and oxygen atoms in total. The first-order valence-electron chi connectivity index (χ1n) is 7.27. The molecule has 0 radical (unpaired) electrons. The van der Waals surface area contributed by atoms with Gasteiger partial charge in [-0.1, -0.05) is 12.1 Å². The van der Waals surface area contributed by atoms with E-state index in [1.54, 1.807) is 6.20 Å². The zero-order chi connectivity index (χ0) is 14.5. The van der Waals surface area contributed by atoms with Crippen LogP contribution in [0.2, 0.25) is 0 Å². The summed E-state index contributed by atoms with van der Waals surface area (Å²) in [7, 11) is 0. The van der Waals surface area contributed by atoms with E-state index in [4.69, 9.17) is 0 Å². The van der Waals surface area contributed by atoms with Gasteiger partial charge in [0.2, 0.25) is 0 Å². The van der Waals surface area contributed by atoms with E-state index in [1.165, 1.54) is 11.3 Å². The first-order valence-corrected chi connectivity index (χ1v) is 7.27. The van der Waals surface area contributed by atoms with Crippen LogP contribution < -0.4 is 5.32 Å². The molecule has 0 aliphatic carbocycles. The van der Waals surface area contributed by atoms with Gasteiger partial charge in [-0.2, -0.15) is 0 Å². The monoisotopic (exact) mass is 280 g/mol. The topological polar surface area (TPSA) is 34.8 Å². The van der Waals surface area contributed by atoms with E-state index >= 15 is 0 Å². The zero-order valence-electron chi connectivity index (χ0n) is 12.2. The third-order valence-corrected chi connectivity index (χ3v) is 3.59. The molecule has 0 fully saturated rings. The van der Waals surface area contributed by atoms with Gasteiger partial charge in [0.15, 0.2) is 0 Å². The average molecular weight is 280 g/mol. The first-order chi connectivity index (χ1) is 10.3. The van der Waals surface area contributed by atoms with Crippen LogP contribution in [0.1, 0.15) is 18.2 Å². The van der Waals surface area contributed by atoms with Crippen molar-refractivity contribution in [1.29, 1.82) is 0 Å². The molecule has 0 saturated carbocycles. The van der Waals surface area contributed by atoms with Gasteiger partial charge in [0.1, 0.15) is 0 Å². The second-order valence-electron chi connectivity index (χ2n) is 5.07. The molecule has 0 atom stereocenters. The van der Waals surface area contributed by atoms with E-state index in [0.717, 1.165) is 25.3 Å². The molecule has 2 heterocycles. The Morgan fingerprint density at radius 2 is 2.10 bits per heavy atom. The minimum Gasteiger partial charge on any atom is -0.379 e. The Morgan fingerprint density at radius 3 is 2.90 bits per heavy atom. The SMILES string of the molecule is CCn1cccc1CNc1cccc(Cn2ccnc2)c1. The summed E-state index contributed by atoms with van der Waals surface area (Å²) in [5, 5.41) is 3.50.